The van der Waals surface area contributed by atoms with Gasteiger partial charge in [0.15, 0.2) is 0 Å². The van der Waals surface area contributed by atoms with Crippen LogP contribution in [-0.4, -0.2) is 58.0 Å². The lowest BCUT2D eigenvalue weighted by Gasteiger charge is -2.09. The number of nitrogens with two attached hydrogens (primary N) is 2. The van der Waals surface area contributed by atoms with Gasteiger partial charge >= 0.3 is 0 Å². The predicted molar refractivity (Wildman–Crippen MR) is 144 cm³/mol. The Hall–Kier alpha value is -4.48. The van der Waals surface area contributed by atoms with Crippen molar-refractivity contribution < 1.29 is 18.9 Å². The minimum atomic E-state index is 0.315. The zero-order valence-electron chi connectivity index (χ0n) is 20.8. The second kappa shape index (κ2) is 12.2. The van der Waals surface area contributed by atoms with Gasteiger partial charge in [-0.05, 0) is 60.7 Å². The van der Waals surface area contributed by atoms with Crippen molar-refractivity contribution in [3.8, 4) is 11.5 Å². The lowest BCUT2D eigenvalue weighted by molar-refractivity contribution is 0.0333. The van der Waals surface area contributed by atoms with Gasteiger partial charge in [-0.1, -0.05) is 5.21 Å². The molecule has 0 saturated heterocycles. The largest absolute Gasteiger partial charge is 0.491 e. The van der Waals surface area contributed by atoms with E-state index < -0.39 is 0 Å². The van der Waals surface area contributed by atoms with Crippen LogP contribution in [-0.2, 0) is 22.6 Å². The minimum Gasteiger partial charge on any atom is -0.491 e. The summed E-state index contributed by atoms with van der Waals surface area (Å²) in [6, 6.07) is 18.7. The fourth-order valence-electron chi connectivity index (χ4n) is 3.79. The molecule has 5 aromatic rings. The van der Waals surface area contributed by atoms with Gasteiger partial charge in [-0.2, -0.15) is 0 Å². The van der Waals surface area contributed by atoms with Gasteiger partial charge in [0, 0.05) is 10.8 Å². The van der Waals surface area contributed by atoms with Gasteiger partial charge in [0.1, 0.15) is 42.0 Å². The molecule has 0 aliphatic heterocycles. The number of pyridine rings is 2. The third kappa shape index (κ3) is 6.84. The van der Waals surface area contributed by atoms with Gasteiger partial charge in [-0.15, -0.1) is 5.10 Å². The first-order valence-electron chi connectivity index (χ1n) is 12.2. The molecule has 3 aromatic heterocycles. The highest BCUT2D eigenvalue weighted by Crippen LogP contribution is 2.22. The molecule has 0 spiro atoms. The Balaban J connectivity index is 0.934. The van der Waals surface area contributed by atoms with Crippen LogP contribution < -0.4 is 20.9 Å². The van der Waals surface area contributed by atoms with E-state index in [-0.39, 0.29) is 0 Å². The van der Waals surface area contributed by atoms with Crippen LogP contribution in [0.3, 0.4) is 0 Å². The maximum Gasteiger partial charge on any atom is 0.134 e. The van der Waals surface area contributed by atoms with Crippen molar-refractivity contribution in [3.63, 3.8) is 0 Å². The molecular formula is C27H29N7O4. The third-order valence-corrected chi connectivity index (χ3v) is 5.67. The van der Waals surface area contributed by atoms with Crippen LogP contribution in [0, 0.1) is 0 Å². The molecule has 4 N–H and O–H groups in total. The van der Waals surface area contributed by atoms with Crippen molar-refractivity contribution in [2.24, 2.45) is 0 Å². The first kappa shape index (κ1) is 25.2. The molecule has 0 bridgehead atoms. The van der Waals surface area contributed by atoms with Crippen molar-refractivity contribution in [2.75, 3.05) is 44.5 Å². The summed E-state index contributed by atoms with van der Waals surface area (Å²) in [6.07, 6.45) is 1.85. The maximum absolute atomic E-state index is 5.84. The number of fused-ring (bicyclic) bond motifs is 2. The summed E-state index contributed by atoms with van der Waals surface area (Å²) in [5.41, 5.74) is 13.8. The monoisotopic (exact) mass is 515 g/mol. The van der Waals surface area contributed by atoms with Gasteiger partial charge in [-0.3, -0.25) is 0 Å². The molecule has 0 radical (unpaired) electrons. The van der Waals surface area contributed by atoms with Gasteiger partial charge in [0.2, 0.25) is 0 Å². The zero-order chi connectivity index (χ0) is 26.2. The molecule has 0 fully saturated rings. The molecule has 0 amide bonds. The molecule has 5 rings (SSSR count). The van der Waals surface area contributed by atoms with Crippen molar-refractivity contribution in [1.29, 1.82) is 0 Å². The van der Waals surface area contributed by atoms with E-state index in [1.165, 1.54) is 0 Å². The zero-order valence-corrected chi connectivity index (χ0v) is 20.8. The Bertz CT molecular complexity index is 1510. The van der Waals surface area contributed by atoms with Crippen LogP contribution in [0.1, 0.15) is 5.69 Å². The smallest absolute Gasteiger partial charge is 0.134 e. The average Bonchev–Trinajstić information content (AvgIpc) is 3.38. The number of hydrogen-bond donors (Lipinski definition) is 2. The van der Waals surface area contributed by atoms with E-state index in [2.05, 4.69) is 20.3 Å². The summed E-state index contributed by atoms with van der Waals surface area (Å²) < 4.78 is 24.5. The maximum atomic E-state index is 5.84. The number of anilines is 2. The molecule has 0 aliphatic carbocycles. The molecular weight excluding hydrogens is 486 g/mol. The standard InChI is InChI=1S/C27H29N7O4/c28-26-7-1-19-15-22(3-5-24(19)30-26)37-14-13-36-12-11-35-10-9-34-17-21(32-33-34)18-38-23-4-6-25-20(16-23)2-8-27(29)31-25/h1-8,15-17H,9-14,18H2,(H2,28,30)(H2,29,31). The molecule has 38 heavy (non-hydrogen) atoms. The number of ether oxygens (including phenoxy) is 4. The second-order valence-corrected chi connectivity index (χ2v) is 8.52. The number of nitrogen functional groups attached to an aromatic ring is 2. The topological polar surface area (TPSA) is 145 Å². The molecule has 0 aliphatic rings. The Morgan fingerprint density at radius 2 is 1.26 bits per heavy atom. The third-order valence-electron chi connectivity index (χ3n) is 5.67. The van der Waals surface area contributed by atoms with E-state index in [1.54, 1.807) is 16.8 Å². The Kier molecular flexibility index (Phi) is 8.07. The first-order valence-corrected chi connectivity index (χ1v) is 12.2. The van der Waals surface area contributed by atoms with Crippen LogP contribution in [0.15, 0.2) is 66.9 Å². The van der Waals surface area contributed by atoms with E-state index in [0.29, 0.717) is 57.8 Å². The molecule has 0 unspecified atom stereocenters. The normalized spacial score (nSPS) is 11.3. The van der Waals surface area contributed by atoms with E-state index in [4.69, 9.17) is 30.4 Å². The molecule has 2 aromatic carbocycles. The van der Waals surface area contributed by atoms with Gasteiger partial charge in [0.05, 0.1) is 50.2 Å². The Labute approximate surface area is 219 Å². The fourth-order valence-corrected chi connectivity index (χ4v) is 3.79. The number of aromatic nitrogens is 5. The highest BCUT2D eigenvalue weighted by molar-refractivity contribution is 5.82. The van der Waals surface area contributed by atoms with Crippen LogP contribution >= 0.6 is 0 Å². The SMILES string of the molecule is Nc1ccc2cc(OCCOCCOCCn3cc(COc4ccc5nc(N)ccc5c4)nn3)ccc2n1. The van der Waals surface area contributed by atoms with Crippen LogP contribution in [0.25, 0.3) is 21.8 Å². The van der Waals surface area contributed by atoms with Crippen LogP contribution in [0.5, 0.6) is 11.5 Å². The van der Waals surface area contributed by atoms with Crippen molar-refractivity contribution in [1.82, 2.24) is 25.0 Å². The van der Waals surface area contributed by atoms with E-state index in [0.717, 1.165) is 39.0 Å². The summed E-state index contributed by atoms with van der Waals surface area (Å²) in [5.74, 6) is 2.49. The molecule has 11 heteroatoms. The van der Waals surface area contributed by atoms with Crippen molar-refractivity contribution in [2.45, 2.75) is 13.2 Å². The van der Waals surface area contributed by atoms with Crippen LogP contribution in [0.2, 0.25) is 0 Å². The Morgan fingerprint density at radius 3 is 1.95 bits per heavy atom. The van der Waals surface area contributed by atoms with Gasteiger partial charge < -0.3 is 30.4 Å². The highest BCUT2D eigenvalue weighted by Gasteiger charge is 2.05. The summed E-state index contributed by atoms with van der Waals surface area (Å²) in [5, 5.41) is 10.2. The minimum absolute atomic E-state index is 0.315. The fraction of sp³-hybridized carbons (Fsp3) is 0.259. The van der Waals surface area contributed by atoms with Crippen molar-refractivity contribution in [3.05, 3.63) is 72.6 Å². The van der Waals surface area contributed by atoms with Gasteiger partial charge in [0.25, 0.3) is 0 Å². The predicted octanol–water partition coefficient (Wildman–Crippen LogP) is 3.23. The van der Waals surface area contributed by atoms with E-state index in [1.807, 2.05) is 54.7 Å². The molecule has 3 heterocycles. The number of nitrogens with zero attached hydrogens (tertiary/aromatic N) is 5. The average molecular weight is 516 g/mol. The number of rotatable bonds is 13. The molecule has 11 nitrogen and oxygen atoms in total. The summed E-state index contributed by atoms with van der Waals surface area (Å²) in [7, 11) is 0. The first-order chi connectivity index (χ1) is 18.6. The molecule has 0 atom stereocenters. The van der Waals surface area contributed by atoms with Crippen molar-refractivity contribution >= 4 is 33.4 Å². The number of hydrogen-bond acceptors (Lipinski definition) is 10. The summed E-state index contributed by atoms with van der Waals surface area (Å²) in [4.78, 5) is 8.56. The quantitative estimate of drug-likeness (QED) is 0.224. The molecule has 0 saturated carbocycles. The number of benzene rings is 2. The lowest BCUT2D eigenvalue weighted by Crippen LogP contribution is -2.13. The van der Waals surface area contributed by atoms with E-state index in [9.17, 15) is 0 Å². The second-order valence-electron chi connectivity index (χ2n) is 8.52. The van der Waals surface area contributed by atoms with Crippen LogP contribution in [0.4, 0.5) is 11.6 Å². The van der Waals surface area contributed by atoms with Gasteiger partial charge in [-0.25, -0.2) is 14.6 Å². The lowest BCUT2D eigenvalue weighted by atomic mass is 10.2. The summed E-state index contributed by atoms with van der Waals surface area (Å²) >= 11 is 0. The Morgan fingerprint density at radius 1 is 0.658 bits per heavy atom. The van der Waals surface area contributed by atoms with E-state index >= 15 is 0 Å². The highest BCUT2D eigenvalue weighted by atomic mass is 16.5. The molecule has 196 valence electrons. The summed E-state index contributed by atoms with van der Waals surface area (Å²) in [6.45, 7) is 3.28.